The molecule has 1 N–H and O–H groups in total. The first-order valence-corrected chi connectivity index (χ1v) is 7.98. The summed E-state index contributed by atoms with van der Waals surface area (Å²) in [5.41, 5.74) is 0.729. The molecule has 1 atom stereocenters. The van der Waals surface area contributed by atoms with E-state index >= 15 is 0 Å². The average Bonchev–Trinajstić information content (AvgIpc) is 2.66. The molecule has 2 aromatic carbocycles. The SMILES string of the molecule is COc1ccc(CNC(=O)[C@H](C)Oc2ccc(F)cc2)c(OC)c1OC. The van der Waals surface area contributed by atoms with Crippen LogP contribution in [0.2, 0.25) is 0 Å². The Morgan fingerprint density at radius 2 is 1.65 bits per heavy atom. The lowest BCUT2D eigenvalue weighted by molar-refractivity contribution is -0.127. The number of methoxy groups -OCH3 is 3. The Morgan fingerprint density at radius 1 is 1.00 bits per heavy atom. The van der Waals surface area contributed by atoms with E-state index in [-0.39, 0.29) is 18.3 Å². The second kappa shape index (κ2) is 8.94. The monoisotopic (exact) mass is 363 g/mol. The molecule has 6 nitrogen and oxygen atoms in total. The molecule has 0 aliphatic carbocycles. The Labute approximate surface area is 151 Å². The third kappa shape index (κ3) is 4.56. The maximum Gasteiger partial charge on any atom is 0.261 e. The number of amides is 1. The Balaban J connectivity index is 2.03. The van der Waals surface area contributed by atoms with Crippen molar-refractivity contribution in [3.63, 3.8) is 0 Å². The zero-order chi connectivity index (χ0) is 19.1. The number of benzene rings is 2. The number of hydrogen-bond acceptors (Lipinski definition) is 5. The van der Waals surface area contributed by atoms with Crippen LogP contribution >= 0.6 is 0 Å². The summed E-state index contributed by atoms with van der Waals surface area (Å²) in [5.74, 6) is 1.21. The van der Waals surface area contributed by atoms with Gasteiger partial charge in [-0.2, -0.15) is 0 Å². The van der Waals surface area contributed by atoms with E-state index in [0.717, 1.165) is 5.56 Å². The van der Waals surface area contributed by atoms with Crippen molar-refractivity contribution in [2.45, 2.75) is 19.6 Å². The van der Waals surface area contributed by atoms with Crippen LogP contribution < -0.4 is 24.3 Å². The Morgan fingerprint density at radius 3 is 2.23 bits per heavy atom. The van der Waals surface area contributed by atoms with Crippen LogP contribution in [0.25, 0.3) is 0 Å². The summed E-state index contributed by atoms with van der Waals surface area (Å²) in [6, 6.07) is 9.00. The number of rotatable bonds is 8. The van der Waals surface area contributed by atoms with Gasteiger partial charge in [-0.05, 0) is 43.3 Å². The maximum atomic E-state index is 12.9. The normalized spacial score (nSPS) is 11.4. The first kappa shape index (κ1) is 19.4. The molecule has 0 aliphatic rings. The molecule has 0 heterocycles. The van der Waals surface area contributed by atoms with Crippen LogP contribution in [0.1, 0.15) is 12.5 Å². The fraction of sp³-hybridized carbons (Fsp3) is 0.316. The highest BCUT2D eigenvalue weighted by Gasteiger charge is 2.18. The molecule has 2 aromatic rings. The second-order valence-electron chi connectivity index (χ2n) is 5.43. The van der Waals surface area contributed by atoms with Gasteiger partial charge in [-0.3, -0.25) is 4.79 Å². The van der Waals surface area contributed by atoms with E-state index in [1.807, 2.05) is 0 Å². The lowest BCUT2D eigenvalue weighted by atomic mass is 10.1. The van der Waals surface area contributed by atoms with Crippen LogP contribution in [0, 0.1) is 5.82 Å². The van der Waals surface area contributed by atoms with Crippen molar-refractivity contribution in [1.82, 2.24) is 5.32 Å². The van der Waals surface area contributed by atoms with Crippen LogP contribution in [0.5, 0.6) is 23.0 Å². The van der Waals surface area contributed by atoms with Gasteiger partial charge in [0.05, 0.1) is 21.3 Å². The highest BCUT2D eigenvalue weighted by molar-refractivity contribution is 5.80. The van der Waals surface area contributed by atoms with Crippen molar-refractivity contribution in [2.24, 2.45) is 0 Å². The number of carbonyl (C=O) groups is 1. The molecule has 140 valence electrons. The first-order chi connectivity index (χ1) is 12.5. The van der Waals surface area contributed by atoms with E-state index in [9.17, 15) is 9.18 Å². The van der Waals surface area contributed by atoms with E-state index in [1.165, 1.54) is 45.6 Å². The average molecular weight is 363 g/mol. The molecule has 26 heavy (non-hydrogen) atoms. The van der Waals surface area contributed by atoms with Crippen molar-refractivity contribution in [2.75, 3.05) is 21.3 Å². The summed E-state index contributed by atoms with van der Waals surface area (Å²) in [6.07, 6.45) is -0.744. The molecule has 0 radical (unpaired) electrons. The van der Waals surface area contributed by atoms with Crippen molar-refractivity contribution in [3.05, 3.63) is 47.8 Å². The summed E-state index contributed by atoms with van der Waals surface area (Å²) >= 11 is 0. The molecular weight excluding hydrogens is 341 g/mol. The smallest absolute Gasteiger partial charge is 0.261 e. The number of carbonyl (C=O) groups excluding carboxylic acids is 1. The topological polar surface area (TPSA) is 66.0 Å². The lowest BCUT2D eigenvalue weighted by Crippen LogP contribution is -2.36. The van der Waals surface area contributed by atoms with Crippen LogP contribution in [-0.2, 0) is 11.3 Å². The number of nitrogens with one attached hydrogen (secondary N) is 1. The Hall–Kier alpha value is -2.96. The third-order valence-corrected chi connectivity index (χ3v) is 3.73. The molecule has 0 saturated carbocycles. The lowest BCUT2D eigenvalue weighted by Gasteiger charge is -2.18. The summed E-state index contributed by atoms with van der Waals surface area (Å²) < 4.78 is 34.4. The van der Waals surface area contributed by atoms with Gasteiger partial charge in [0, 0.05) is 12.1 Å². The minimum atomic E-state index is -0.744. The van der Waals surface area contributed by atoms with Crippen LogP contribution in [0.3, 0.4) is 0 Å². The largest absolute Gasteiger partial charge is 0.493 e. The summed E-state index contributed by atoms with van der Waals surface area (Å²) in [7, 11) is 4.57. The predicted molar refractivity (Wildman–Crippen MR) is 94.4 cm³/mol. The first-order valence-electron chi connectivity index (χ1n) is 7.98. The maximum absolute atomic E-state index is 12.9. The number of halogens is 1. The second-order valence-corrected chi connectivity index (χ2v) is 5.43. The van der Waals surface area contributed by atoms with Crippen molar-refractivity contribution < 1.29 is 28.1 Å². The van der Waals surface area contributed by atoms with Gasteiger partial charge in [-0.15, -0.1) is 0 Å². The van der Waals surface area contributed by atoms with Crippen molar-refractivity contribution in [1.29, 1.82) is 0 Å². The van der Waals surface area contributed by atoms with Crippen molar-refractivity contribution in [3.8, 4) is 23.0 Å². The molecule has 2 rings (SSSR count). The Kier molecular flexibility index (Phi) is 6.66. The minimum absolute atomic E-state index is 0.222. The highest BCUT2D eigenvalue weighted by atomic mass is 19.1. The fourth-order valence-corrected chi connectivity index (χ4v) is 2.40. The molecule has 0 aliphatic heterocycles. The fourth-order valence-electron chi connectivity index (χ4n) is 2.40. The van der Waals surface area contributed by atoms with Gasteiger partial charge in [0.25, 0.3) is 5.91 Å². The van der Waals surface area contributed by atoms with E-state index in [4.69, 9.17) is 18.9 Å². The van der Waals surface area contributed by atoms with E-state index in [2.05, 4.69) is 5.32 Å². The predicted octanol–water partition coefficient (Wildman–Crippen LogP) is 2.94. The van der Waals surface area contributed by atoms with E-state index < -0.39 is 6.10 Å². The van der Waals surface area contributed by atoms with Gasteiger partial charge in [-0.25, -0.2) is 4.39 Å². The summed E-state index contributed by atoms with van der Waals surface area (Å²) in [6.45, 7) is 1.84. The van der Waals surface area contributed by atoms with E-state index in [1.54, 1.807) is 19.1 Å². The molecule has 0 aromatic heterocycles. The van der Waals surface area contributed by atoms with Crippen LogP contribution in [0.4, 0.5) is 4.39 Å². The highest BCUT2D eigenvalue weighted by Crippen LogP contribution is 2.39. The molecule has 0 fully saturated rings. The standard InChI is InChI=1S/C19H22FNO5/c1-12(26-15-8-6-14(20)7-9-15)19(22)21-11-13-5-10-16(23-2)18(25-4)17(13)24-3/h5-10,12H,11H2,1-4H3,(H,21,22)/t12-/m0/s1. The molecule has 0 saturated heterocycles. The van der Waals surface area contributed by atoms with Gasteiger partial charge in [0.2, 0.25) is 5.75 Å². The molecular formula is C19H22FNO5. The Bertz CT molecular complexity index is 748. The quantitative estimate of drug-likeness (QED) is 0.781. The molecule has 0 unspecified atom stereocenters. The van der Waals surface area contributed by atoms with Gasteiger partial charge < -0.3 is 24.3 Å². The molecule has 0 bridgehead atoms. The third-order valence-electron chi connectivity index (χ3n) is 3.73. The van der Waals surface area contributed by atoms with Gasteiger partial charge >= 0.3 is 0 Å². The van der Waals surface area contributed by atoms with Gasteiger partial charge in [0.1, 0.15) is 11.6 Å². The molecule has 1 amide bonds. The van der Waals surface area contributed by atoms with Gasteiger partial charge in [0.15, 0.2) is 17.6 Å². The number of hydrogen-bond donors (Lipinski definition) is 1. The van der Waals surface area contributed by atoms with Crippen LogP contribution in [-0.4, -0.2) is 33.3 Å². The zero-order valence-electron chi connectivity index (χ0n) is 15.2. The van der Waals surface area contributed by atoms with Gasteiger partial charge in [-0.1, -0.05) is 0 Å². The molecule has 0 spiro atoms. The minimum Gasteiger partial charge on any atom is -0.493 e. The van der Waals surface area contributed by atoms with Crippen LogP contribution in [0.15, 0.2) is 36.4 Å². The van der Waals surface area contributed by atoms with E-state index in [0.29, 0.717) is 23.0 Å². The zero-order valence-corrected chi connectivity index (χ0v) is 15.2. The number of ether oxygens (including phenoxy) is 4. The molecule has 7 heteroatoms. The van der Waals surface area contributed by atoms with Crippen molar-refractivity contribution >= 4 is 5.91 Å². The summed E-state index contributed by atoms with van der Waals surface area (Å²) in [5, 5.41) is 2.78. The summed E-state index contributed by atoms with van der Waals surface area (Å²) in [4.78, 5) is 12.3.